The molecule has 3 aromatic carbocycles. The first-order valence-electron chi connectivity index (χ1n) is 10.4. The van der Waals surface area contributed by atoms with E-state index in [2.05, 4.69) is 74.3 Å². The largest absolute Gasteiger partial charge is 0.507 e. The Labute approximate surface area is 178 Å². The molecule has 0 spiro atoms. The molecule has 1 aromatic heterocycles. The van der Waals surface area contributed by atoms with Gasteiger partial charge in [-0.1, -0.05) is 94.4 Å². The molecular weight excluding hydrogens is 370 g/mol. The first kappa shape index (κ1) is 20.1. The van der Waals surface area contributed by atoms with Crippen molar-refractivity contribution in [1.29, 1.82) is 0 Å². The van der Waals surface area contributed by atoms with Gasteiger partial charge in [-0.15, -0.1) is 5.10 Å². The topological polar surface area (TPSA) is 61.8 Å². The number of nitrogens with one attached hydrogen (secondary N) is 1. The summed E-state index contributed by atoms with van der Waals surface area (Å²) in [6.07, 6.45) is 1.10. The van der Waals surface area contributed by atoms with Crippen molar-refractivity contribution in [2.45, 2.75) is 46.5 Å². The fourth-order valence-corrected chi connectivity index (χ4v) is 4.61. The van der Waals surface area contributed by atoms with Gasteiger partial charge in [0.15, 0.2) is 0 Å². The molecule has 0 amide bonds. The van der Waals surface area contributed by atoms with Gasteiger partial charge in [-0.2, -0.15) is 0 Å². The molecule has 0 saturated heterocycles. The van der Waals surface area contributed by atoms with Crippen LogP contribution in [0.2, 0.25) is 0 Å². The maximum Gasteiger partial charge on any atom is 0.131 e. The van der Waals surface area contributed by atoms with E-state index in [1.807, 2.05) is 36.4 Å². The number of hydrogen-bond donors (Lipinski definition) is 2. The van der Waals surface area contributed by atoms with Crippen molar-refractivity contribution in [2.75, 3.05) is 0 Å². The standard InChI is InChI=1S/C26H29N3O/c1-25(2,3)16-26(4,5)18-14-12-17(13-15-18)19-8-6-10-21(24(19)30)20-9-7-11-22-23(20)28-29-27-22/h6-15,30H,16H2,1-5H3,(H,27,28,29). The number of para-hydroxylation sites is 1. The van der Waals surface area contributed by atoms with E-state index in [-0.39, 0.29) is 16.6 Å². The minimum atomic E-state index is 0.0866. The average molecular weight is 400 g/mol. The van der Waals surface area contributed by atoms with Crippen LogP contribution in [-0.4, -0.2) is 20.5 Å². The maximum absolute atomic E-state index is 11.1. The molecule has 0 aliphatic rings. The number of rotatable bonds is 4. The van der Waals surface area contributed by atoms with Gasteiger partial charge in [0.2, 0.25) is 0 Å². The highest BCUT2D eigenvalue weighted by Gasteiger charge is 2.27. The number of aromatic hydroxyl groups is 1. The third kappa shape index (κ3) is 3.82. The minimum absolute atomic E-state index is 0.0866. The smallest absolute Gasteiger partial charge is 0.131 e. The third-order valence-corrected chi connectivity index (χ3v) is 5.63. The Hall–Kier alpha value is -3.14. The van der Waals surface area contributed by atoms with Crippen LogP contribution in [0.15, 0.2) is 60.7 Å². The highest BCUT2D eigenvalue weighted by Crippen LogP contribution is 2.41. The van der Waals surface area contributed by atoms with E-state index in [1.54, 1.807) is 0 Å². The zero-order chi connectivity index (χ0) is 21.5. The molecular formula is C26H29N3O. The van der Waals surface area contributed by atoms with Crippen molar-refractivity contribution in [1.82, 2.24) is 15.4 Å². The number of aromatic nitrogens is 3. The number of phenolic OH excluding ortho intramolecular Hbond substituents is 1. The van der Waals surface area contributed by atoms with Crippen molar-refractivity contribution in [3.63, 3.8) is 0 Å². The van der Waals surface area contributed by atoms with Gasteiger partial charge in [0.05, 0.1) is 5.52 Å². The van der Waals surface area contributed by atoms with E-state index in [9.17, 15) is 5.11 Å². The van der Waals surface area contributed by atoms with Crippen LogP contribution in [0.1, 0.15) is 46.6 Å². The molecule has 30 heavy (non-hydrogen) atoms. The van der Waals surface area contributed by atoms with Gasteiger partial charge in [0.25, 0.3) is 0 Å². The lowest BCUT2D eigenvalue weighted by atomic mass is 9.72. The zero-order valence-electron chi connectivity index (χ0n) is 18.3. The maximum atomic E-state index is 11.1. The SMILES string of the molecule is CC(C)(C)CC(C)(C)c1ccc(-c2cccc(-c3cccc4[nH]nnc34)c2O)cc1. The molecule has 2 N–H and O–H groups in total. The van der Waals surface area contributed by atoms with Gasteiger partial charge in [-0.3, -0.25) is 5.10 Å². The molecule has 4 rings (SSSR count). The third-order valence-electron chi connectivity index (χ3n) is 5.63. The first-order valence-corrected chi connectivity index (χ1v) is 10.4. The second-order valence-electron chi connectivity index (χ2n) is 9.91. The molecule has 0 saturated carbocycles. The molecule has 0 fully saturated rings. The van der Waals surface area contributed by atoms with Crippen molar-refractivity contribution in [3.05, 3.63) is 66.2 Å². The van der Waals surface area contributed by atoms with E-state index in [0.717, 1.165) is 39.7 Å². The molecule has 0 aliphatic carbocycles. The van der Waals surface area contributed by atoms with Gasteiger partial charge in [-0.25, -0.2) is 0 Å². The van der Waals surface area contributed by atoms with Crippen molar-refractivity contribution in [3.8, 4) is 28.0 Å². The van der Waals surface area contributed by atoms with Gasteiger partial charge in [-0.05, 0) is 34.4 Å². The van der Waals surface area contributed by atoms with Crippen LogP contribution >= 0.6 is 0 Å². The van der Waals surface area contributed by atoms with Gasteiger partial charge in [0, 0.05) is 16.7 Å². The Bertz CT molecular complexity index is 1180. The zero-order valence-corrected chi connectivity index (χ0v) is 18.3. The molecule has 0 bridgehead atoms. The van der Waals surface area contributed by atoms with Crippen LogP contribution in [0.25, 0.3) is 33.3 Å². The molecule has 154 valence electrons. The van der Waals surface area contributed by atoms with Crippen LogP contribution < -0.4 is 0 Å². The summed E-state index contributed by atoms with van der Waals surface area (Å²) in [5, 5.41) is 22.1. The monoisotopic (exact) mass is 399 g/mol. The van der Waals surface area contributed by atoms with Crippen LogP contribution in [0.4, 0.5) is 0 Å². The van der Waals surface area contributed by atoms with E-state index in [1.165, 1.54) is 5.56 Å². The number of benzene rings is 3. The fraction of sp³-hybridized carbons (Fsp3) is 0.308. The van der Waals surface area contributed by atoms with Gasteiger partial charge in [0.1, 0.15) is 11.3 Å². The molecule has 0 radical (unpaired) electrons. The Morgan fingerprint density at radius 2 is 1.43 bits per heavy atom. The van der Waals surface area contributed by atoms with Crippen molar-refractivity contribution >= 4 is 11.0 Å². The van der Waals surface area contributed by atoms with E-state index in [4.69, 9.17) is 0 Å². The van der Waals surface area contributed by atoms with Crippen molar-refractivity contribution in [2.24, 2.45) is 5.41 Å². The number of aromatic amines is 1. The number of phenols is 1. The molecule has 4 heteroatoms. The average Bonchev–Trinajstić information content (AvgIpc) is 3.15. The summed E-state index contributed by atoms with van der Waals surface area (Å²) < 4.78 is 0. The Morgan fingerprint density at radius 1 is 0.800 bits per heavy atom. The Kier molecular flexibility index (Phi) is 4.89. The normalized spacial score (nSPS) is 12.4. The lowest BCUT2D eigenvalue weighted by molar-refractivity contribution is 0.284. The van der Waals surface area contributed by atoms with Crippen LogP contribution in [0.5, 0.6) is 5.75 Å². The summed E-state index contributed by atoms with van der Waals surface area (Å²) in [4.78, 5) is 0. The lowest BCUT2D eigenvalue weighted by Gasteiger charge is -2.33. The summed E-state index contributed by atoms with van der Waals surface area (Å²) in [5.41, 5.74) is 6.69. The van der Waals surface area contributed by atoms with Crippen LogP contribution in [0.3, 0.4) is 0 Å². The predicted octanol–water partition coefficient (Wildman–Crippen LogP) is 6.71. The lowest BCUT2D eigenvalue weighted by Crippen LogP contribution is -2.24. The summed E-state index contributed by atoms with van der Waals surface area (Å²) in [7, 11) is 0. The Balaban J connectivity index is 1.72. The van der Waals surface area contributed by atoms with Gasteiger partial charge >= 0.3 is 0 Å². The van der Waals surface area contributed by atoms with E-state index in [0.29, 0.717) is 0 Å². The molecule has 0 aliphatic heterocycles. The Morgan fingerprint density at radius 3 is 2.13 bits per heavy atom. The van der Waals surface area contributed by atoms with Crippen LogP contribution in [0, 0.1) is 5.41 Å². The van der Waals surface area contributed by atoms with Gasteiger partial charge < -0.3 is 5.11 Å². The molecule has 0 atom stereocenters. The van der Waals surface area contributed by atoms with E-state index < -0.39 is 0 Å². The fourth-order valence-electron chi connectivity index (χ4n) is 4.61. The summed E-state index contributed by atoms with van der Waals surface area (Å²) in [6, 6.07) is 20.3. The number of hydrogen-bond acceptors (Lipinski definition) is 3. The second kappa shape index (κ2) is 7.28. The number of nitrogens with zero attached hydrogens (tertiary/aromatic N) is 2. The quantitative estimate of drug-likeness (QED) is 0.401. The highest BCUT2D eigenvalue weighted by atomic mass is 16.3. The molecule has 4 aromatic rings. The highest BCUT2D eigenvalue weighted by molar-refractivity contribution is 5.95. The summed E-state index contributed by atoms with van der Waals surface area (Å²) in [6.45, 7) is 11.4. The van der Waals surface area contributed by atoms with Crippen LogP contribution in [-0.2, 0) is 5.41 Å². The number of H-pyrrole nitrogens is 1. The van der Waals surface area contributed by atoms with E-state index >= 15 is 0 Å². The first-order chi connectivity index (χ1) is 14.2. The summed E-state index contributed by atoms with van der Waals surface area (Å²) in [5.74, 6) is 0.259. The summed E-state index contributed by atoms with van der Waals surface area (Å²) >= 11 is 0. The number of fused-ring (bicyclic) bond motifs is 1. The minimum Gasteiger partial charge on any atom is -0.507 e. The van der Waals surface area contributed by atoms with Crippen molar-refractivity contribution < 1.29 is 5.11 Å². The predicted molar refractivity (Wildman–Crippen MR) is 124 cm³/mol. The molecule has 0 unspecified atom stereocenters. The molecule has 1 heterocycles. The second-order valence-corrected chi connectivity index (χ2v) is 9.91. The molecule has 4 nitrogen and oxygen atoms in total.